The van der Waals surface area contributed by atoms with E-state index in [-0.39, 0.29) is 5.91 Å². The second-order valence-corrected chi connectivity index (χ2v) is 6.55. The van der Waals surface area contributed by atoms with Crippen LogP contribution in [0.15, 0.2) is 33.7 Å². The van der Waals surface area contributed by atoms with Crippen LogP contribution in [-0.4, -0.2) is 22.9 Å². The summed E-state index contributed by atoms with van der Waals surface area (Å²) in [4.78, 5) is 16.0. The zero-order valence-corrected chi connectivity index (χ0v) is 12.4. The van der Waals surface area contributed by atoms with Gasteiger partial charge in [0.1, 0.15) is 0 Å². The van der Waals surface area contributed by atoms with Crippen LogP contribution < -0.4 is 5.43 Å². The molecule has 0 aliphatic rings. The number of thioether (sulfide) groups is 1. The van der Waals surface area contributed by atoms with Gasteiger partial charge in [-0.2, -0.15) is 5.10 Å². The molecule has 0 radical (unpaired) electrons. The fraction of sp³-hybridized carbons (Fsp3) is 0.308. The molecule has 1 N–H and O–H groups in total. The zero-order valence-electron chi connectivity index (χ0n) is 10.8. The Morgan fingerprint density at radius 2 is 2.32 bits per heavy atom. The number of hydrazone groups is 1. The molecule has 0 saturated carbocycles. The number of nitrogens with one attached hydrogen (secondary N) is 1. The molecule has 6 heteroatoms. The van der Waals surface area contributed by atoms with Gasteiger partial charge in [-0.1, -0.05) is 37.7 Å². The lowest BCUT2D eigenvalue weighted by Gasteiger charge is -1.98. The van der Waals surface area contributed by atoms with Crippen molar-refractivity contribution >= 4 is 45.4 Å². The molecule has 0 unspecified atom stereocenters. The minimum Gasteiger partial charge on any atom is -0.272 e. The normalized spacial score (nSPS) is 11.5. The van der Waals surface area contributed by atoms with Gasteiger partial charge in [0.05, 0.1) is 16.0 Å². The van der Waals surface area contributed by atoms with E-state index in [0.29, 0.717) is 11.7 Å². The molecular formula is C13H15N3OS2. The number of carbonyl (C=O) groups is 1. The van der Waals surface area contributed by atoms with Crippen LogP contribution in [0.3, 0.4) is 0 Å². The summed E-state index contributed by atoms with van der Waals surface area (Å²) in [5.74, 6) is 0.549. The van der Waals surface area contributed by atoms with Gasteiger partial charge in [-0.15, -0.1) is 11.3 Å². The van der Waals surface area contributed by atoms with E-state index >= 15 is 0 Å². The zero-order chi connectivity index (χ0) is 13.7. The van der Waals surface area contributed by atoms with E-state index in [2.05, 4.69) is 15.5 Å². The molecule has 0 aliphatic carbocycles. The number of aromatic nitrogens is 1. The van der Waals surface area contributed by atoms with Crippen LogP contribution in [0.4, 0.5) is 0 Å². The van der Waals surface area contributed by atoms with E-state index in [4.69, 9.17) is 0 Å². The summed E-state index contributed by atoms with van der Waals surface area (Å²) in [7, 11) is 0. The maximum atomic E-state index is 11.5. The molecule has 0 aliphatic heterocycles. The van der Waals surface area contributed by atoms with Crippen LogP contribution >= 0.6 is 23.1 Å². The Hall–Kier alpha value is -1.40. The number of rotatable bonds is 5. The van der Waals surface area contributed by atoms with Crippen LogP contribution in [0, 0.1) is 5.92 Å². The number of hydrogen-bond donors (Lipinski definition) is 1. The lowest BCUT2D eigenvalue weighted by molar-refractivity contribution is -0.118. The van der Waals surface area contributed by atoms with Crippen molar-refractivity contribution in [3.63, 3.8) is 0 Å². The van der Waals surface area contributed by atoms with Crippen LogP contribution in [0.2, 0.25) is 0 Å². The fourth-order valence-electron chi connectivity index (χ4n) is 1.33. The minimum atomic E-state index is -0.110. The number of nitrogens with zero attached hydrogens (tertiary/aromatic N) is 2. The monoisotopic (exact) mass is 293 g/mol. The first kappa shape index (κ1) is 14.0. The van der Waals surface area contributed by atoms with E-state index < -0.39 is 0 Å². The van der Waals surface area contributed by atoms with Crippen LogP contribution in [0.1, 0.15) is 13.8 Å². The Balaban J connectivity index is 1.86. The summed E-state index contributed by atoms with van der Waals surface area (Å²) in [5, 5.41) is 3.87. The van der Waals surface area contributed by atoms with Crippen molar-refractivity contribution < 1.29 is 4.79 Å². The summed E-state index contributed by atoms with van der Waals surface area (Å²) in [6.07, 6.45) is 1.71. The maximum absolute atomic E-state index is 11.5. The average Bonchev–Trinajstić information content (AvgIpc) is 2.78. The molecule has 1 aromatic carbocycles. The maximum Gasteiger partial charge on any atom is 0.250 e. The first-order chi connectivity index (χ1) is 9.15. The third kappa shape index (κ3) is 4.33. The van der Waals surface area contributed by atoms with E-state index in [1.165, 1.54) is 11.8 Å². The molecule has 0 fully saturated rings. The van der Waals surface area contributed by atoms with E-state index in [1.807, 2.05) is 38.1 Å². The highest BCUT2D eigenvalue weighted by molar-refractivity contribution is 8.01. The van der Waals surface area contributed by atoms with Gasteiger partial charge < -0.3 is 0 Å². The van der Waals surface area contributed by atoms with Gasteiger partial charge in [-0.25, -0.2) is 10.4 Å². The highest BCUT2D eigenvalue weighted by Gasteiger charge is 2.06. The van der Waals surface area contributed by atoms with Crippen LogP contribution in [-0.2, 0) is 4.79 Å². The fourth-order valence-corrected chi connectivity index (χ4v) is 3.19. The smallest absolute Gasteiger partial charge is 0.250 e. The largest absolute Gasteiger partial charge is 0.272 e. The number of thiazole rings is 1. The Morgan fingerprint density at radius 1 is 1.53 bits per heavy atom. The average molecular weight is 293 g/mol. The number of para-hydroxylation sites is 1. The van der Waals surface area contributed by atoms with Crippen molar-refractivity contribution in [2.75, 3.05) is 5.75 Å². The summed E-state index contributed by atoms with van der Waals surface area (Å²) in [6.45, 7) is 4.01. The van der Waals surface area contributed by atoms with Gasteiger partial charge in [-0.3, -0.25) is 4.79 Å². The summed E-state index contributed by atoms with van der Waals surface area (Å²) in [5.41, 5.74) is 3.48. The SMILES string of the molecule is CC(C)/C=N\NC(=O)CSc1nc2ccccc2s1. The lowest BCUT2D eigenvalue weighted by atomic mass is 10.3. The first-order valence-electron chi connectivity index (χ1n) is 5.95. The number of amides is 1. The van der Waals surface area contributed by atoms with Crippen LogP contribution in [0.5, 0.6) is 0 Å². The van der Waals surface area contributed by atoms with Gasteiger partial charge >= 0.3 is 0 Å². The Bertz CT molecular complexity index is 559. The highest BCUT2D eigenvalue weighted by Crippen LogP contribution is 2.28. The lowest BCUT2D eigenvalue weighted by Crippen LogP contribution is -2.19. The predicted molar refractivity (Wildman–Crippen MR) is 81.8 cm³/mol. The molecule has 1 aromatic heterocycles. The molecule has 1 amide bonds. The van der Waals surface area contributed by atoms with E-state index in [1.54, 1.807) is 17.6 Å². The summed E-state index contributed by atoms with van der Waals surface area (Å²) in [6, 6.07) is 7.96. The standard InChI is InChI=1S/C13H15N3OS2/c1-9(2)7-14-16-12(17)8-18-13-15-10-5-3-4-6-11(10)19-13/h3-7,9H,8H2,1-2H3,(H,16,17)/b14-7-. The van der Waals surface area contributed by atoms with E-state index in [9.17, 15) is 4.79 Å². The Morgan fingerprint density at radius 3 is 3.05 bits per heavy atom. The molecule has 2 aromatic rings. The third-order valence-corrected chi connectivity index (χ3v) is 4.34. The van der Waals surface area contributed by atoms with Gasteiger partial charge in [0.25, 0.3) is 0 Å². The molecule has 0 atom stereocenters. The van der Waals surface area contributed by atoms with Gasteiger partial charge in [-0.05, 0) is 18.1 Å². The van der Waals surface area contributed by atoms with Crippen molar-refractivity contribution in [3.8, 4) is 0 Å². The van der Waals surface area contributed by atoms with Crippen molar-refractivity contribution in [3.05, 3.63) is 24.3 Å². The van der Waals surface area contributed by atoms with Crippen molar-refractivity contribution in [2.45, 2.75) is 18.2 Å². The first-order valence-corrected chi connectivity index (χ1v) is 7.76. The van der Waals surface area contributed by atoms with Crippen molar-refractivity contribution in [1.29, 1.82) is 0 Å². The summed E-state index contributed by atoms with van der Waals surface area (Å²) < 4.78 is 2.05. The quantitative estimate of drug-likeness (QED) is 0.523. The molecule has 0 bridgehead atoms. The number of carbonyl (C=O) groups excluding carboxylic acids is 1. The van der Waals surface area contributed by atoms with E-state index in [0.717, 1.165) is 14.6 Å². The second kappa shape index (κ2) is 6.68. The van der Waals surface area contributed by atoms with Crippen LogP contribution in [0.25, 0.3) is 10.2 Å². The topological polar surface area (TPSA) is 54.4 Å². The predicted octanol–water partition coefficient (Wildman–Crippen LogP) is 3.15. The van der Waals surface area contributed by atoms with Gasteiger partial charge in [0.2, 0.25) is 5.91 Å². The Kier molecular flexibility index (Phi) is 4.93. The molecule has 2 rings (SSSR count). The second-order valence-electron chi connectivity index (χ2n) is 4.29. The molecule has 19 heavy (non-hydrogen) atoms. The van der Waals surface area contributed by atoms with Gasteiger partial charge in [0.15, 0.2) is 4.34 Å². The molecule has 0 spiro atoms. The highest BCUT2D eigenvalue weighted by atomic mass is 32.2. The number of fused-ring (bicyclic) bond motifs is 1. The van der Waals surface area contributed by atoms with Gasteiger partial charge in [0, 0.05) is 6.21 Å². The number of benzene rings is 1. The van der Waals surface area contributed by atoms with Crippen molar-refractivity contribution in [1.82, 2.24) is 10.4 Å². The molecular weight excluding hydrogens is 278 g/mol. The third-order valence-electron chi connectivity index (χ3n) is 2.16. The molecule has 1 heterocycles. The van der Waals surface area contributed by atoms with Crippen molar-refractivity contribution in [2.24, 2.45) is 11.0 Å². The molecule has 4 nitrogen and oxygen atoms in total. The summed E-state index contributed by atoms with van der Waals surface area (Å²) >= 11 is 3.04. The molecule has 0 saturated heterocycles. The number of hydrogen-bond acceptors (Lipinski definition) is 5. The minimum absolute atomic E-state index is 0.110. The molecule has 100 valence electrons. The Labute approximate surface area is 120 Å².